The summed E-state index contributed by atoms with van der Waals surface area (Å²) in [5.41, 5.74) is 1.43. The van der Waals surface area contributed by atoms with Crippen molar-refractivity contribution in [2.24, 2.45) is 0 Å². The molecule has 0 aliphatic carbocycles. The minimum Gasteiger partial charge on any atom is -0.491 e. The Morgan fingerprint density at radius 1 is 1.52 bits per heavy atom. The standard InChI is InChI=1S/C15H18N2O3S/c1-3-10(2)20-13-6-4-5-11(7-13)16-15-17-12(9-21-15)8-14(18)19/h4-7,9-10H,3,8H2,1-2H3,(H,16,17)(H,18,19). The van der Waals surface area contributed by atoms with E-state index >= 15 is 0 Å². The third-order valence-corrected chi connectivity index (χ3v) is 3.69. The lowest BCUT2D eigenvalue weighted by Crippen LogP contribution is -2.09. The molecule has 0 saturated heterocycles. The van der Waals surface area contributed by atoms with E-state index in [-0.39, 0.29) is 12.5 Å². The van der Waals surface area contributed by atoms with Gasteiger partial charge in [0.1, 0.15) is 5.75 Å². The predicted molar refractivity (Wildman–Crippen MR) is 83.6 cm³/mol. The van der Waals surface area contributed by atoms with E-state index in [0.29, 0.717) is 10.8 Å². The van der Waals surface area contributed by atoms with Gasteiger partial charge in [0.15, 0.2) is 5.13 Å². The summed E-state index contributed by atoms with van der Waals surface area (Å²) >= 11 is 1.38. The number of carboxylic acid groups (broad SMARTS) is 1. The van der Waals surface area contributed by atoms with Crippen LogP contribution in [0, 0.1) is 0 Å². The quantitative estimate of drug-likeness (QED) is 0.816. The average Bonchev–Trinajstić information content (AvgIpc) is 2.85. The largest absolute Gasteiger partial charge is 0.491 e. The maximum atomic E-state index is 10.6. The number of nitrogens with zero attached hydrogens (tertiary/aromatic N) is 1. The Balaban J connectivity index is 2.03. The van der Waals surface area contributed by atoms with Crippen LogP contribution in [0.2, 0.25) is 0 Å². The molecule has 2 rings (SSSR count). The predicted octanol–water partition coefficient (Wildman–Crippen LogP) is 3.69. The van der Waals surface area contributed by atoms with Gasteiger partial charge in [-0.3, -0.25) is 4.79 Å². The third-order valence-electron chi connectivity index (χ3n) is 2.88. The Morgan fingerprint density at radius 2 is 2.33 bits per heavy atom. The molecule has 1 aromatic carbocycles. The highest BCUT2D eigenvalue weighted by Gasteiger charge is 2.07. The Bertz CT molecular complexity index is 612. The molecule has 0 amide bonds. The fourth-order valence-electron chi connectivity index (χ4n) is 1.69. The SMILES string of the molecule is CCC(C)Oc1cccc(Nc2nc(CC(=O)O)cs2)c1. The highest BCUT2D eigenvalue weighted by Crippen LogP contribution is 2.24. The number of carboxylic acids is 1. The highest BCUT2D eigenvalue weighted by molar-refractivity contribution is 7.13. The van der Waals surface area contributed by atoms with Crippen LogP contribution in [0.3, 0.4) is 0 Å². The van der Waals surface area contributed by atoms with E-state index in [1.54, 1.807) is 5.38 Å². The molecule has 2 N–H and O–H groups in total. The molecule has 21 heavy (non-hydrogen) atoms. The molecule has 2 aromatic rings. The molecule has 0 saturated carbocycles. The second-order valence-electron chi connectivity index (χ2n) is 4.70. The Morgan fingerprint density at radius 3 is 3.05 bits per heavy atom. The number of hydrogen-bond donors (Lipinski definition) is 2. The summed E-state index contributed by atoms with van der Waals surface area (Å²) in [7, 11) is 0. The summed E-state index contributed by atoms with van der Waals surface area (Å²) in [4.78, 5) is 14.9. The molecule has 0 radical (unpaired) electrons. The lowest BCUT2D eigenvalue weighted by molar-refractivity contribution is -0.136. The van der Waals surface area contributed by atoms with Gasteiger partial charge in [-0.05, 0) is 25.5 Å². The van der Waals surface area contributed by atoms with E-state index in [1.165, 1.54) is 11.3 Å². The van der Waals surface area contributed by atoms with Crippen LogP contribution in [0.1, 0.15) is 26.0 Å². The van der Waals surface area contributed by atoms with Crippen LogP contribution in [0.25, 0.3) is 0 Å². The highest BCUT2D eigenvalue weighted by atomic mass is 32.1. The summed E-state index contributed by atoms with van der Waals surface area (Å²) in [6.45, 7) is 4.10. The van der Waals surface area contributed by atoms with Gasteiger partial charge in [0.2, 0.25) is 0 Å². The number of carbonyl (C=O) groups is 1. The van der Waals surface area contributed by atoms with E-state index < -0.39 is 5.97 Å². The van der Waals surface area contributed by atoms with Crippen LogP contribution < -0.4 is 10.1 Å². The lowest BCUT2D eigenvalue weighted by atomic mass is 10.3. The van der Waals surface area contributed by atoms with Gasteiger partial charge in [0.25, 0.3) is 0 Å². The lowest BCUT2D eigenvalue weighted by Gasteiger charge is -2.13. The Labute approximate surface area is 127 Å². The van der Waals surface area contributed by atoms with E-state index in [4.69, 9.17) is 9.84 Å². The fourth-order valence-corrected chi connectivity index (χ4v) is 2.42. The van der Waals surface area contributed by atoms with Crippen molar-refractivity contribution in [3.8, 4) is 5.75 Å². The molecule has 6 heteroatoms. The molecule has 0 aliphatic rings. The summed E-state index contributed by atoms with van der Waals surface area (Å²) in [5, 5.41) is 14.3. The molecule has 0 spiro atoms. The first-order valence-electron chi connectivity index (χ1n) is 6.76. The molecule has 1 heterocycles. The van der Waals surface area contributed by atoms with Crippen molar-refractivity contribution in [3.63, 3.8) is 0 Å². The maximum Gasteiger partial charge on any atom is 0.309 e. The number of nitrogens with one attached hydrogen (secondary N) is 1. The van der Waals surface area contributed by atoms with Gasteiger partial charge in [-0.2, -0.15) is 0 Å². The topological polar surface area (TPSA) is 71.5 Å². The minimum absolute atomic E-state index is 0.0602. The van der Waals surface area contributed by atoms with E-state index in [9.17, 15) is 4.79 Å². The second-order valence-corrected chi connectivity index (χ2v) is 5.56. The number of anilines is 2. The van der Waals surface area contributed by atoms with Crippen LogP contribution in [-0.4, -0.2) is 22.2 Å². The third kappa shape index (κ3) is 4.75. The molecular formula is C15H18N2O3S. The van der Waals surface area contributed by atoms with Crippen molar-refractivity contribution in [3.05, 3.63) is 35.3 Å². The monoisotopic (exact) mass is 306 g/mol. The summed E-state index contributed by atoms with van der Waals surface area (Å²) < 4.78 is 5.76. The number of thiazole rings is 1. The Hall–Kier alpha value is -2.08. The number of hydrogen-bond acceptors (Lipinski definition) is 5. The molecular weight excluding hydrogens is 288 g/mol. The average molecular weight is 306 g/mol. The number of aliphatic carboxylic acids is 1. The van der Waals surface area contributed by atoms with Gasteiger partial charge < -0.3 is 15.2 Å². The van der Waals surface area contributed by atoms with Gasteiger partial charge in [-0.15, -0.1) is 11.3 Å². The van der Waals surface area contributed by atoms with Crippen molar-refractivity contribution in [1.82, 2.24) is 4.98 Å². The summed E-state index contributed by atoms with van der Waals surface area (Å²) in [6, 6.07) is 7.65. The Kier molecular flexibility index (Phi) is 5.16. The smallest absolute Gasteiger partial charge is 0.309 e. The van der Waals surface area contributed by atoms with Crippen LogP contribution in [0.5, 0.6) is 5.75 Å². The zero-order valence-electron chi connectivity index (χ0n) is 12.0. The van der Waals surface area contributed by atoms with Crippen molar-refractivity contribution < 1.29 is 14.6 Å². The maximum absolute atomic E-state index is 10.6. The van der Waals surface area contributed by atoms with Gasteiger partial charge >= 0.3 is 5.97 Å². The summed E-state index contributed by atoms with van der Waals surface area (Å²) in [5.74, 6) is -0.0764. The number of aromatic nitrogens is 1. The molecule has 1 atom stereocenters. The molecule has 1 aromatic heterocycles. The molecule has 0 aliphatic heterocycles. The molecule has 0 bridgehead atoms. The number of benzene rings is 1. The van der Waals surface area contributed by atoms with Crippen LogP contribution in [-0.2, 0) is 11.2 Å². The zero-order chi connectivity index (χ0) is 15.2. The molecule has 112 valence electrons. The summed E-state index contributed by atoms with van der Waals surface area (Å²) in [6.07, 6.45) is 1.06. The van der Waals surface area contributed by atoms with E-state index in [0.717, 1.165) is 17.9 Å². The second kappa shape index (κ2) is 7.08. The number of rotatable bonds is 7. The number of ether oxygens (including phenoxy) is 1. The van der Waals surface area contributed by atoms with E-state index in [2.05, 4.69) is 17.2 Å². The molecule has 0 fully saturated rings. The first-order chi connectivity index (χ1) is 10.1. The van der Waals surface area contributed by atoms with Gasteiger partial charge in [-0.1, -0.05) is 13.0 Å². The molecule has 5 nitrogen and oxygen atoms in total. The normalized spacial score (nSPS) is 11.9. The minimum atomic E-state index is -0.879. The van der Waals surface area contributed by atoms with Gasteiger partial charge in [0.05, 0.1) is 18.2 Å². The first kappa shape index (κ1) is 15.3. The van der Waals surface area contributed by atoms with Gasteiger partial charge in [-0.25, -0.2) is 4.98 Å². The van der Waals surface area contributed by atoms with Crippen LogP contribution >= 0.6 is 11.3 Å². The van der Waals surface area contributed by atoms with E-state index in [1.807, 2.05) is 31.2 Å². The molecule has 1 unspecified atom stereocenters. The van der Waals surface area contributed by atoms with Crippen molar-refractivity contribution >= 4 is 28.1 Å². The van der Waals surface area contributed by atoms with Crippen molar-refractivity contribution in [1.29, 1.82) is 0 Å². The van der Waals surface area contributed by atoms with Crippen LogP contribution in [0.15, 0.2) is 29.6 Å². The van der Waals surface area contributed by atoms with Gasteiger partial charge in [0, 0.05) is 17.1 Å². The van der Waals surface area contributed by atoms with Crippen molar-refractivity contribution in [2.45, 2.75) is 32.8 Å². The zero-order valence-corrected chi connectivity index (χ0v) is 12.8. The van der Waals surface area contributed by atoms with Crippen LogP contribution in [0.4, 0.5) is 10.8 Å². The fraction of sp³-hybridized carbons (Fsp3) is 0.333. The first-order valence-corrected chi connectivity index (χ1v) is 7.64. The van der Waals surface area contributed by atoms with Crippen molar-refractivity contribution in [2.75, 3.05) is 5.32 Å².